The van der Waals surface area contributed by atoms with Crippen LogP contribution in [0.3, 0.4) is 0 Å². The van der Waals surface area contributed by atoms with Crippen molar-refractivity contribution in [2.45, 2.75) is 45.4 Å². The van der Waals surface area contributed by atoms with Crippen LogP contribution in [-0.4, -0.2) is 4.98 Å². The molecule has 1 aliphatic rings. The number of hydrogen-bond donors (Lipinski definition) is 0. The van der Waals surface area contributed by atoms with Gasteiger partial charge in [-0.2, -0.15) is 0 Å². The Morgan fingerprint density at radius 2 is 1.48 bits per heavy atom. The van der Waals surface area contributed by atoms with E-state index in [0.717, 1.165) is 5.69 Å². The third-order valence-corrected chi connectivity index (χ3v) is 7.43. The Hall–Kier alpha value is -3.45. The van der Waals surface area contributed by atoms with E-state index >= 15 is 0 Å². The fourth-order valence-corrected chi connectivity index (χ4v) is 5.60. The van der Waals surface area contributed by atoms with Crippen LogP contribution in [0, 0.1) is 0 Å². The minimum atomic E-state index is -0.111. The van der Waals surface area contributed by atoms with Crippen LogP contribution in [-0.2, 0) is 10.8 Å². The maximum Gasteiger partial charge on any atom is 0.0749 e. The molecule has 0 saturated carbocycles. The third-order valence-electron chi connectivity index (χ3n) is 7.43. The molecule has 0 spiro atoms. The molecule has 0 amide bonds. The lowest BCUT2D eigenvalue weighted by molar-refractivity contribution is 0.591. The lowest BCUT2D eigenvalue weighted by Gasteiger charge is -2.24. The molecule has 33 heavy (non-hydrogen) atoms. The van der Waals surface area contributed by atoms with E-state index in [2.05, 4.69) is 113 Å². The summed E-state index contributed by atoms with van der Waals surface area (Å²) in [4.78, 5) is 4.96. The van der Waals surface area contributed by atoms with E-state index in [9.17, 15) is 0 Å². The van der Waals surface area contributed by atoms with Crippen molar-refractivity contribution in [3.05, 3.63) is 102 Å². The number of benzene rings is 4. The monoisotopic (exact) mass is 427 g/mol. The van der Waals surface area contributed by atoms with Gasteiger partial charge in [0.25, 0.3) is 0 Å². The summed E-state index contributed by atoms with van der Waals surface area (Å²) in [6.07, 6.45) is 1.98. The molecule has 1 heterocycles. The van der Waals surface area contributed by atoms with Crippen LogP contribution in [0.1, 0.15) is 51.3 Å². The lowest BCUT2D eigenvalue weighted by Crippen LogP contribution is -2.16. The van der Waals surface area contributed by atoms with E-state index in [1.807, 2.05) is 6.20 Å². The Bertz CT molecular complexity index is 1560. The van der Waals surface area contributed by atoms with Gasteiger partial charge in [0, 0.05) is 17.2 Å². The van der Waals surface area contributed by atoms with Crippen LogP contribution < -0.4 is 0 Å². The van der Waals surface area contributed by atoms with E-state index in [4.69, 9.17) is 4.98 Å². The Labute approximate surface area is 196 Å². The van der Waals surface area contributed by atoms with Gasteiger partial charge < -0.3 is 0 Å². The molecule has 0 radical (unpaired) electrons. The molecule has 0 bridgehead atoms. The van der Waals surface area contributed by atoms with Gasteiger partial charge in [0.15, 0.2) is 0 Å². The van der Waals surface area contributed by atoms with Crippen molar-refractivity contribution in [3.63, 3.8) is 0 Å². The molecule has 1 aliphatic carbocycles. The van der Waals surface area contributed by atoms with Crippen LogP contribution in [0.5, 0.6) is 0 Å². The van der Waals surface area contributed by atoms with Crippen molar-refractivity contribution in [1.29, 1.82) is 0 Å². The molecule has 1 nitrogen and oxygen atoms in total. The lowest BCUT2D eigenvalue weighted by atomic mass is 9.80. The fourth-order valence-electron chi connectivity index (χ4n) is 5.60. The van der Waals surface area contributed by atoms with Crippen LogP contribution in [0.2, 0.25) is 0 Å². The molecule has 0 unspecified atom stereocenters. The normalized spacial score (nSPS) is 14.5. The van der Waals surface area contributed by atoms with Crippen LogP contribution in [0.4, 0.5) is 0 Å². The molecule has 1 aromatic heterocycles. The number of hydrogen-bond acceptors (Lipinski definition) is 1. The topological polar surface area (TPSA) is 12.9 Å². The average molecular weight is 428 g/mol. The van der Waals surface area contributed by atoms with Gasteiger partial charge >= 0.3 is 0 Å². The summed E-state index contributed by atoms with van der Waals surface area (Å²) in [5, 5.41) is 5.16. The van der Waals surface area contributed by atoms with E-state index in [0.29, 0.717) is 0 Å². The molecule has 1 heteroatoms. The molecule has 6 rings (SSSR count). The van der Waals surface area contributed by atoms with Crippen LogP contribution in [0.15, 0.2) is 85.1 Å². The SMILES string of the molecule is CC(C)(C)c1ccc2ccc(-c3nccc4c3C(C)(C)c3ccc5ccccc5c3-4)cc2c1. The largest absolute Gasteiger partial charge is 0.256 e. The Morgan fingerprint density at radius 3 is 2.30 bits per heavy atom. The summed E-state index contributed by atoms with van der Waals surface area (Å²) in [5.74, 6) is 0. The van der Waals surface area contributed by atoms with Gasteiger partial charge in [0.2, 0.25) is 0 Å². The average Bonchev–Trinajstić information content (AvgIpc) is 3.05. The molecular weight excluding hydrogens is 398 g/mol. The van der Waals surface area contributed by atoms with Gasteiger partial charge in [-0.25, -0.2) is 0 Å². The van der Waals surface area contributed by atoms with Crippen molar-refractivity contribution < 1.29 is 0 Å². The number of rotatable bonds is 1. The van der Waals surface area contributed by atoms with Crippen molar-refractivity contribution in [2.24, 2.45) is 0 Å². The fraction of sp³-hybridized carbons (Fsp3) is 0.219. The first kappa shape index (κ1) is 20.2. The minimum absolute atomic E-state index is 0.111. The zero-order chi connectivity index (χ0) is 23.0. The van der Waals surface area contributed by atoms with Gasteiger partial charge in [-0.1, -0.05) is 101 Å². The maximum absolute atomic E-state index is 4.96. The van der Waals surface area contributed by atoms with E-state index in [-0.39, 0.29) is 10.8 Å². The van der Waals surface area contributed by atoms with E-state index in [1.165, 1.54) is 54.9 Å². The number of aromatic nitrogens is 1. The Kier molecular flexibility index (Phi) is 4.14. The summed E-state index contributed by atoms with van der Waals surface area (Å²) in [7, 11) is 0. The second-order valence-corrected chi connectivity index (χ2v) is 10.9. The maximum atomic E-state index is 4.96. The number of fused-ring (bicyclic) bond motifs is 6. The Balaban J connectivity index is 1.61. The number of pyridine rings is 1. The van der Waals surface area contributed by atoms with Gasteiger partial charge in [-0.05, 0) is 66.9 Å². The van der Waals surface area contributed by atoms with Crippen LogP contribution in [0.25, 0.3) is 43.9 Å². The van der Waals surface area contributed by atoms with Crippen molar-refractivity contribution >= 4 is 21.5 Å². The zero-order valence-electron chi connectivity index (χ0n) is 20.0. The highest BCUT2D eigenvalue weighted by Crippen LogP contribution is 2.53. The van der Waals surface area contributed by atoms with Crippen molar-refractivity contribution in [3.8, 4) is 22.4 Å². The second kappa shape index (κ2) is 6.78. The highest BCUT2D eigenvalue weighted by Gasteiger charge is 2.39. The first-order valence-corrected chi connectivity index (χ1v) is 11.8. The van der Waals surface area contributed by atoms with Crippen molar-refractivity contribution in [2.75, 3.05) is 0 Å². The molecule has 0 N–H and O–H groups in total. The van der Waals surface area contributed by atoms with E-state index < -0.39 is 0 Å². The standard InChI is InChI=1S/C32H29N/c1-31(2,3)24-14-12-20-10-11-22(18-23(20)19-24)30-29-26(16-17-33-30)28-25-9-7-6-8-21(25)13-15-27(28)32(29,4)5/h6-19H,1-5H3. The molecule has 4 aromatic carbocycles. The summed E-state index contributed by atoms with van der Waals surface area (Å²) < 4.78 is 0. The quantitative estimate of drug-likeness (QED) is 0.261. The molecule has 0 aliphatic heterocycles. The third kappa shape index (κ3) is 2.95. The molecule has 162 valence electrons. The van der Waals surface area contributed by atoms with Gasteiger partial charge in [-0.15, -0.1) is 0 Å². The zero-order valence-corrected chi connectivity index (χ0v) is 20.0. The smallest absolute Gasteiger partial charge is 0.0749 e. The van der Waals surface area contributed by atoms with Crippen molar-refractivity contribution in [1.82, 2.24) is 4.98 Å². The Morgan fingerprint density at radius 1 is 0.727 bits per heavy atom. The van der Waals surface area contributed by atoms with Gasteiger partial charge in [-0.3, -0.25) is 4.98 Å². The molecule has 0 atom stereocenters. The highest BCUT2D eigenvalue weighted by molar-refractivity contribution is 6.03. The van der Waals surface area contributed by atoms with Gasteiger partial charge in [0.1, 0.15) is 0 Å². The molecule has 0 fully saturated rings. The number of nitrogens with zero attached hydrogens (tertiary/aromatic N) is 1. The molecule has 5 aromatic rings. The second-order valence-electron chi connectivity index (χ2n) is 10.9. The minimum Gasteiger partial charge on any atom is -0.256 e. The van der Waals surface area contributed by atoms with E-state index in [1.54, 1.807) is 0 Å². The highest BCUT2D eigenvalue weighted by atomic mass is 14.7. The van der Waals surface area contributed by atoms with Gasteiger partial charge in [0.05, 0.1) is 5.69 Å². The summed E-state index contributed by atoms with van der Waals surface area (Å²) >= 11 is 0. The first-order valence-electron chi connectivity index (χ1n) is 11.8. The molecular formula is C32H29N. The predicted molar refractivity (Wildman–Crippen MR) is 141 cm³/mol. The molecule has 0 saturated heterocycles. The predicted octanol–water partition coefficient (Wildman–Crippen LogP) is 8.66. The summed E-state index contributed by atoms with van der Waals surface area (Å²) in [6, 6.07) is 29.2. The first-order chi connectivity index (χ1) is 15.7. The van der Waals surface area contributed by atoms with Crippen LogP contribution >= 0.6 is 0 Å². The summed E-state index contributed by atoms with van der Waals surface area (Å²) in [6.45, 7) is 11.5. The summed E-state index contributed by atoms with van der Waals surface area (Å²) in [5.41, 5.74) is 9.08.